The maximum Gasteiger partial charge on any atom is 0.354 e. The van der Waals surface area contributed by atoms with Gasteiger partial charge in [0, 0.05) is 13.0 Å². The fourth-order valence-corrected chi connectivity index (χ4v) is 1.99. The Kier molecular flexibility index (Phi) is 3.06. The summed E-state index contributed by atoms with van der Waals surface area (Å²) in [5.74, 6) is -0.445. The van der Waals surface area contributed by atoms with Crippen molar-refractivity contribution in [1.82, 2.24) is 19.7 Å². The fourth-order valence-electron chi connectivity index (χ4n) is 1.99. The molecule has 2 aromatic heterocycles. The Bertz CT molecular complexity index is 686. The molecule has 0 amide bonds. The van der Waals surface area contributed by atoms with E-state index in [4.69, 9.17) is 5.11 Å². The second-order valence-corrected chi connectivity index (χ2v) is 4.86. The SMILES string of the molecule is Cn1nc(C2CC2)cc1/C=C/c1cc(C(=O)O)ncn1. The second-order valence-electron chi connectivity index (χ2n) is 4.86. The van der Waals surface area contributed by atoms with Crippen molar-refractivity contribution in [3.8, 4) is 0 Å². The Hall–Kier alpha value is -2.50. The molecule has 0 saturated heterocycles. The third kappa shape index (κ3) is 2.59. The summed E-state index contributed by atoms with van der Waals surface area (Å²) in [7, 11) is 1.90. The zero-order valence-electron chi connectivity index (χ0n) is 11.0. The van der Waals surface area contributed by atoms with E-state index in [-0.39, 0.29) is 5.69 Å². The molecule has 1 fully saturated rings. The van der Waals surface area contributed by atoms with Crippen LogP contribution in [0.2, 0.25) is 0 Å². The number of rotatable bonds is 4. The number of hydrogen-bond donors (Lipinski definition) is 1. The maximum absolute atomic E-state index is 10.8. The van der Waals surface area contributed by atoms with E-state index < -0.39 is 5.97 Å². The summed E-state index contributed by atoms with van der Waals surface area (Å²) in [6, 6.07) is 3.50. The van der Waals surface area contributed by atoms with Crippen molar-refractivity contribution < 1.29 is 9.90 Å². The first kappa shape index (κ1) is 12.5. The van der Waals surface area contributed by atoms with E-state index in [2.05, 4.69) is 21.1 Å². The molecule has 6 heteroatoms. The predicted octanol–water partition coefficient (Wildman–Crippen LogP) is 1.96. The molecule has 1 saturated carbocycles. The minimum absolute atomic E-state index is 0.0108. The van der Waals surface area contributed by atoms with E-state index >= 15 is 0 Å². The molecule has 6 nitrogen and oxygen atoms in total. The molecular formula is C14H14N4O2. The number of aromatic nitrogens is 4. The van der Waals surface area contributed by atoms with Crippen LogP contribution in [-0.4, -0.2) is 30.8 Å². The minimum atomic E-state index is -1.06. The van der Waals surface area contributed by atoms with Gasteiger partial charge in [-0.05, 0) is 37.1 Å². The fraction of sp³-hybridized carbons (Fsp3) is 0.286. The summed E-state index contributed by atoms with van der Waals surface area (Å²) < 4.78 is 1.82. The van der Waals surface area contributed by atoms with Gasteiger partial charge in [0.2, 0.25) is 0 Å². The van der Waals surface area contributed by atoms with Crippen LogP contribution < -0.4 is 0 Å². The molecule has 0 aliphatic heterocycles. The number of carbonyl (C=O) groups is 1. The topological polar surface area (TPSA) is 80.9 Å². The molecule has 20 heavy (non-hydrogen) atoms. The van der Waals surface area contributed by atoms with Crippen molar-refractivity contribution in [3.63, 3.8) is 0 Å². The predicted molar refractivity (Wildman–Crippen MR) is 73.1 cm³/mol. The molecule has 102 valence electrons. The van der Waals surface area contributed by atoms with Crippen LogP contribution >= 0.6 is 0 Å². The highest BCUT2D eigenvalue weighted by atomic mass is 16.4. The Balaban J connectivity index is 1.82. The molecule has 0 atom stereocenters. The van der Waals surface area contributed by atoms with Gasteiger partial charge in [0.15, 0.2) is 5.69 Å². The van der Waals surface area contributed by atoms with Crippen LogP contribution in [0.25, 0.3) is 12.2 Å². The summed E-state index contributed by atoms with van der Waals surface area (Å²) in [6.45, 7) is 0. The Morgan fingerprint density at radius 3 is 2.85 bits per heavy atom. The van der Waals surface area contributed by atoms with Gasteiger partial charge in [-0.3, -0.25) is 4.68 Å². The largest absolute Gasteiger partial charge is 0.477 e. The van der Waals surface area contributed by atoms with Gasteiger partial charge >= 0.3 is 5.97 Å². The summed E-state index contributed by atoms with van der Waals surface area (Å²) in [5, 5.41) is 13.4. The van der Waals surface area contributed by atoms with Crippen LogP contribution in [0.3, 0.4) is 0 Å². The monoisotopic (exact) mass is 270 g/mol. The Labute approximate surface area is 115 Å². The molecule has 0 aromatic carbocycles. The molecule has 3 rings (SSSR count). The number of hydrogen-bond acceptors (Lipinski definition) is 4. The number of carboxylic acid groups (broad SMARTS) is 1. The molecule has 1 aliphatic carbocycles. The van der Waals surface area contributed by atoms with E-state index in [1.54, 1.807) is 6.08 Å². The average Bonchev–Trinajstić information content (AvgIpc) is 3.21. The van der Waals surface area contributed by atoms with Gasteiger partial charge < -0.3 is 5.11 Å². The first-order valence-corrected chi connectivity index (χ1v) is 6.41. The van der Waals surface area contributed by atoms with Gasteiger partial charge in [-0.1, -0.05) is 0 Å². The zero-order chi connectivity index (χ0) is 14.1. The number of nitrogens with zero attached hydrogens (tertiary/aromatic N) is 4. The van der Waals surface area contributed by atoms with Crippen molar-refractivity contribution in [2.45, 2.75) is 18.8 Å². The second kappa shape index (κ2) is 4.88. The van der Waals surface area contributed by atoms with Gasteiger partial charge in [-0.25, -0.2) is 14.8 Å². The lowest BCUT2D eigenvalue weighted by Crippen LogP contribution is -2.01. The number of aromatic carboxylic acids is 1. The normalized spacial score (nSPS) is 14.8. The van der Waals surface area contributed by atoms with Gasteiger partial charge in [0.1, 0.15) is 6.33 Å². The smallest absolute Gasteiger partial charge is 0.354 e. The highest BCUT2D eigenvalue weighted by Gasteiger charge is 2.26. The molecule has 0 radical (unpaired) electrons. The standard InChI is InChI=1S/C14H14N4O2/c1-18-11(7-12(17-18)9-2-3-9)5-4-10-6-13(14(19)20)16-8-15-10/h4-9H,2-3H2,1H3,(H,19,20)/b5-4+. The molecule has 0 bridgehead atoms. The lowest BCUT2D eigenvalue weighted by Gasteiger charge is -1.96. The van der Waals surface area contributed by atoms with Crippen LogP contribution in [0.4, 0.5) is 0 Å². The highest BCUT2D eigenvalue weighted by molar-refractivity contribution is 5.86. The molecule has 2 heterocycles. The summed E-state index contributed by atoms with van der Waals surface area (Å²) >= 11 is 0. The summed E-state index contributed by atoms with van der Waals surface area (Å²) in [6.07, 6.45) is 7.33. The quantitative estimate of drug-likeness (QED) is 0.918. The van der Waals surface area contributed by atoms with Crippen molar-refractivity contribution in [2.24, 2.45) is 7.05 Å². The number of carboxylic acids is 1. The van der Waals surface area contributed by atoms with E-state index in [1.807, 2.05) is 17.8 Å². The van der Waals surface area contributed by atoms with Gasteiger partial charge in [0.25, 0.3) is 0 Å². The van der Waals surface area contributed by atoms with Gasteiger partial charge in [0.05, 0.1) is 17.1 Å². The van der Waals surface area contributed by atoms with E-state index in [0.717, 1.165) is 11.4 Å². The highest BCUT2D eigenvalue weighted by Crippen LogP contribution is 2.39. The van der Waals surface area contributed by atoms with Crippen molar-refractivity contribution >= 4 is 18.1 Å². The molecule has 1 aliphatic rings. The van der Waals surface area contributed by atoms with Gasteiger partial charge in [-0.15, -0.1) is 0 Å². The van der Waals surface area contributed by atoms with Gasteiger partial charge in [-0.2, -0.15) is 5.10 Å². The van der Waals surface area contributed by atoms with Crippen LogP contribution in [0.1, 0.15) is 46.3 Å². The lowest BCUT2D eigenvalue weighted by atomic mass is 10.2. The molecule has 0 unspecified atom stereocenters. The average molecular weight is 270 g/mol. The Morgan fingerprint density at radius 2 is 2.15 bits per heavy atom. The van der Waals surface area contributed by atoms with Crippen LogP contribution in [0.5, 0.6) is 0 Å². The molecule has 1 N–H and O–H groups in total. The van der Waals surface area contributed by atoms with Crippen LogP contribution in [0.15, 0.2) is 18.5 Å². The summed E-state index contributed by atoms with van der Waals surface area (Å²) in [4.78, 5) is 18.6. The minimum Gasteiger partial charge on any atom is -0.477 e. The molecule has 2 aromatic rings. The van der Waals surface area contributed by atoms with Crippen molar-refractivity contribution in [3.05, 3.63) is 41.2 Å². The number of aryl methyl sites for hydroxylation is 1. The Morgan fingerprint density at radius 1 is 1.35 bits per heavy atom. The lowest BCUT2D eigenvalue weighted by molar-refractivity contribution is 0.0690. The molecule has 0 spiro atoms. The first-order valence-electron chi connectivity index (χ1n) is 6.41. The van der Waals surface area contributed by atoms with E-state index in [9.17, 15) is 4.79 Å². The summed E-state index contributed by atoms with van der Waals surface area (Å²) in [5.41, 5.74) is 2.65. The van der Waals surface area contributed by atoms with E-state index in [1.165, 1.54) is 25.2 Å². The maximum atomic E-state index is 10.8. The first-order chi connectivity index (χ1) is 9.63. The van der Waals surface area contributed by atoms with E-state index in [0.29, 0.717) is 11.6 Å². The molecular weight excluding hydrogens is 256 g/mol. The van der Waals surface area contributed by atoms with Crippen molar-refractivity contribution in [2.75, 3.05) is 0 Å². The third-order valence-corrected chi connectivity index (χ3v) is 3.26. The van der Waals surface area contributed by atoms with Crippen molar-refractivity contribution in [1.29, 1.82) is 0 Å². The van der Waals surface area contributed by atoms with Crippen LogP contribution in [0, 0.1) is 0 Å². The van der Waals surface area contributed by atoms with Crippen LogP contribution in [-0.2, 0) is 7.05 Å². The third-order valence-electron chi connectivity index (χ3n) is 3.26. The zero-order valence-corrected chi connectivity index (χ0v) is 11.0.